The minimum atomic E-state index is -0.168. The highest BCUT2D eigenvalue weighted by atomic mass is 16.5. The van der Waals surface area contributed by atoms with Crippen molar-refractivity contribution in [3.8, 4) is 5.75 Å². The van der Waals surface area contributed by atoms with Gasteiger partial charge in [-0.05, 0) is 30.3 Å². The van der Waals surface area contributed by atoms with Crippen LogP contribution in [0.4, 0.5) is 5.82 Å². The van der Waals surface area contributed by atoms with Crippen molar-refractivity contribution in [1.82, 2.24) is 15.3 Å². The summed E-state index contributed by atoms with van der Waals surface area (Å²) >= 11 is 0. The van der Waals surface area contributed by atoms with Crippen LogP contribution in [-0.4, -0.2) is 49.3 Å². The molecule has 1 amide bonds. The number of nitrogens with zero attached hydrogens (tertiary/aromatic N) is 3. The zero-order valence-corrected chi connectivity index (χ0v) is 13.6. The van der Waals surface area contributed by atoms with Crippen LogP contribution in [0.25, 0.3) is 0 Å². The third-order valence-electron chi connectivity index (χ3n) is 3.79. The molecular formula is C17H20N4O3. The van der Waals surface area contributed by atoms with Gasteiger partial charge < -0.3 is 19.7 Å². The topological polar surface area (TPSA) is 76.6 Å². The van der Waals surface area contributed by atoms with Gasteiger partial charge in [0.1, 0.15) is 17.4 Å². The number of hydrogen-bond donors (Lipinski definition) is 1. The zero-order chi connectivity index (χ0) is 16.8. The molecule has 0 radical (unpaired) electrons. The maximum absolute atomic E-state index is 12.2. The summed E-state index contributed by atoms with van der Waals surface area (Å²) in [5.41, 5.74) is 0.570. The summed E-state index contributed by atoms with van der Waals surface area (Å²) in [5, 5.41) is 2.83. The van der Waals surface area contributed by atoms with Crippen molar-refractivity contribution in [2.75, 3.05) is 38.3 Å². The molecule has 1 fully saturated rings. The zero-order valence-electron chi connectivity index (χ0n) is 13.6. The second kappa shape index (κ2) is 7.74. The predicted molar refractivity (Wildman–Crippen MR) is 89.2 cm³/mol. The SMILES string of the molecule is COc1ccc(C(=O)NCc2nccc(N3CCOCC3)n2)cc1. The summed E-state index contributed by atoms with van der Waals surface area (Å²) in [6, 6.07) is 8.83. The van der Waals surface area contributed by atoms with Crippen LogP contribution in [0, 0.1) is 0 Å². The highest BCUT2D eigenvalue weighted by Gasteiger charge is 2.13. The van der Waals surface area contributed by atoms with Crippen molar-refractivity contribution >= 4 is 11.7 Å². The fourth-order valence-corrected chi connectivity index (χ4v) is 2.45. The number of anilines is 1. The maximum Gasteiger partial charge on any atom is 0.251 e. The van der Waals surface area contributed by atoms with Crippen molar-refractivity contribution in [1.29, 1.82) is 0 Å². The minimum absolute atomic E-state index is 0.168. The molecule has 1 N–H and O–H groups in total. The van der Waals surface area contributed by atoms with E-state index in [9.17, 15) is 4.79 Å². The number of morpholine rings is 1. The Balaban J connectivity index is 1.60. The van der Waals surface area contributed by atoms with E-state index in [0.717, 1.165) is 18.9 Å². The summed E-state index contributed by atoms with van der Waals surface area (Å²) in [6.45, 7) is 3.31. The largest absolute Gasteiger partial charge is 0.497 e. The highest BCUT2D eigenvalue weighted by molar-refractivity contribution is 5.94. The molecule has 0 spiro atoms. The van der Waals surface area contributed by atoms with Gasteiger partial charge in [0.15, 0.2) is 0 Å². The smallest absolute Gasteiger partial charge is 0.251 e. The van der Waals surface area contributed by atoms with Crippen LogP contribution in [0.3, 0.4) is 0 Å². The van der Waals surface area contributed by atoms with E-state index >= 15 is 0 Å². The van der Waals surface area contributed by atoms with Crippen LogP contribution in [0.15, 0.2) is 36.5 Å². The second-order valence-corrected chi connectivity index (χ2v) is 5.34. The normalized spacial score (nSPS) is 14.3. The first kappa shape index (κ1) is 16.2. The number of nitrogens with one attached hydrogen (secondary N) is 1. The molecule has 1 aromatic heterocycles. The number of ether oxygens (including phenoxy) is 2. The third kappa shape index (κ3) is 3.99. The van der Waals surface area contributed by atoms with Gasteiger partial charge in [-0.25, -0.2) is 9.97 Å². The Labute approximate surface area is 140 Å². The molecule has 1 aliphatic heterocycles. The Morgan fingerprint density at radius 1 is 1.25 bits per heavy atom. The molecule has 0 aliphatic carbocycles. The van der Waals surface area contributed by atoms with Crippen molar-refractivity contribution in [3.63, 3.8) is 0 Å². The first-order valence-corrected chi connectivity index (χ1v) is 7.83. The lowest BCUT2D eigenvalue weighted by Crippen LogP contribution is -2.37. The first-order chi connectivity index (χ1) is 11.8. The first-order valence-electron chi connectivity index (χ1n) is 7.83. The number of hydrogen-bond acceptors (Lipinski definition) is 6. The van der Waals surface area contributed by atoms with Crippen LogP contribution in [-0.2, 0) is 11.3 Å². The molecule has 2 aromatic rings. The fourth-order valence-electron chi connectivity index (χ4n) is 2.45. The van der Waals surface area contributed by atoms with Crippen LogP contribution in [0.2, 0.25) is 0 Å². The molecule has 1 saturated heterocycles. The Kier molecular flexibility index (Phi) is 5.22. The fraction of sp³-hybridized carbons (Fsp3) is 0.353. The van der Waals surface area contributed by atoms with E-state index in [4.69, 9.17) is 9.47 Å². The summed E-state index contributed by atoms with van der Waals surface area (Å²) in [4.78, 5) is 23.1. The third-order valence-corrected chi connectivity index (χ3v) is 3.79. The Bertz CT molecular complexity index is 684. The van der Waals surface area contributed by atoms with E-state index in [0.29, 0.717) is 30.4 Å². The molecule has 0 atom stereocenters. The van der Waals surface area contributed by atoms with E-state index in [1.54, 1.807) is 37.6 Å². The standard InChI is InChI=1S/C17H20N4O3/c1-23-14-4-2-13(3-5-14)17(22)19-12-15-18-7-6-16(20-15)21-8-10-24-11-9-21/h2-7H,8-12H2,1H3,(H,19,22). The predicted octanol–water partition coefficient (Wildman–Crippen LogP) is 1.25. The number of rotatable bonds is 5. The minimum Gasteiger partial charge on any atom is -0.497 e. The molecule has 3 rings (SSSR count). The molecule has 1 aliphatic rings. The van der Waals surface area contributed by atoms with Gasteiger partial charge in [-0.1, -0.05) is 0 Å². The van der Waals surface area contributed by atoms with Crippen LogP contribution in [0.5, 0.6) is 5.75 Å². The average Bonchev–Trinajstić information content (AvgIpc) is 2.67. The van der Waals surface area contributed by atoms with Gasteiger partial charge in [0.05, 0.1) is 26.9 Å². The molecule has 126 valence electrons. The van der Waals surface area contributed by atoms with Crippen LogP contribution < -0.4 is 15.0 Å². The maximum atomic E-state index is 12.2. The lowest BCUT2D eigenvalue weighted by atomic mass is 10.2. The molecule has 0 bridgehead atoms. The quantitative estimate of drug-likeness (QED) is 0.890. The van der Waals surface area contributed by atoms with Crippen LogP contribution >= 0.6 is 0 Å². The number of benzene rings is 1. The monoisotopic (exact) mass is 328 g/mol. The van der Waals surface area contributed by atoms with Crippen molar-refractivity contribution < 1.29 is 14.3 Å². The summed E-state index contributed by atoms with van der Waals surface area (Å²) < 4.78 is 10.4. The van der Waals surface area contributed by atoms with E-state index < -0.39 is 0 Å². The van der Waals surface area contributed by atoms with E-state index in [1.807, 2.05) is 6.07 Å². The molecule has 24 heavy (non-hydrogen) atoms. The summed E-state index contributed by atoms with van der Waals surface area (Å²) in [6.07, 6.45) is 1.71. The number of aromatic nitrogens is 2. The molecule has 7 nitrogen and oxygen atoms in total. The Morgan fingerprint density at radius 2 is 2.00 bits per heavy atom. The van der Waals surface area contributed by atoms with Gasteiger partial charge in [0.2, 0.25) is 0 Å². The average molecular weight is 328 g/mol. The van der Waals surface area contributed by atoms with E-state index in [-0.39, 0.29) is 12.5 Å². The van der Waals surface area contributed by atoms with E-state index in [2.05, 4.69) is 20.2 Å². The van der Waals surface area contributed by atoms with Crippen molar-refractivity contribution in [2.24, 2.45) is 0 Å². The second-order valence-electron chi connectivity index (χ2n) is 5.34. The molecule has 0 saturated carbocycles. The van der Waals surface area contributed by atoms with Crippen molar-refractivity contribution in [3.05, 3.63) is 47.9 Å². The number of amides is 1. The van der Waals surface area contributed by atoms with Crippen molar-refractivity contribution in [2.45, 2.75) is 6.54 Å². The number of carbonyl (C=O) groups excluding carboxylic acids is 1. The van der Waals surface area contributed by atoms with Gasteiger partial charge in [0.25, 0.3) is 5.91 Å². The Morgan fingerprint density at radius 3 is 2.71 bits per heavy atom. The molecule has 1 aromatic carbocycles. The summed E-state index contributed by atoms with van der Waals surface area (Å²) in [7, 11) is 1.59. The van der Waals surface area contributed by atoms with Gasteiger partial charge >= 0.3 is 0 Å². The lowest BCUT2D eigenvalue weighted by molar-refractivity contribution is 0.0950. The summed E-state index contributed by atoms with van der Waals surface area (Å²) in [5.74, 6) is 1.99. The molecule has 2 heterocycles. The van der Waals surface area contributed by atoms with Crippen LogP contribution in [0.1, 0.15) is 16.2 Å². The van der Waals surface area contributed by atoms with Gasteiger partial charge in [0, 0.05) is 24.8 Å². The molecule has 7 heteroatoms. The molecular weight excluding hydrogens is 308 g/mol. The number of carbonyl (C=O) groups is 1. The lowest BCUT2D eigenvalue weighted by Gasteiger charge is -2.27. The highest BCUT2D eigenvalue weighted by Crippen LogP contribution is 2.13. The Hall–Kier alpha value is -2.67. The number of methoxy groups -OCH3 is 1. The van der Waals surface area contributed by atoms with Gasteiger partial charge in [-0.3, -0.25) is 4.79 Å². The molecule has 0 unspecified atom stereocenters. The van der Waals surface area contributed by atoms with Gasteiger partial charge in [-0.2, -0.15) is 0 Å². The van der Waals surface area contributed by atoms with Gasteiger partial charge in [-0.15, -0.1) is 0 Å². The van der Waals surface area contributed by atoms with E-state index in [1.165, 1.54) is 0 Å².